The summed E-state index contributed by atoms with van der Waals surface area (Å²) in [7, 11) is -3.49. The van der Waals surface area contributed by atoms with Crippen molar-refractivity contribution in [2.24, 2.45) is 5.41 Å². The Bertz CT molecular complexity index is 562. The normalized spacial score (nSPS) is 18.8. The zero-order chi connectivity index (χ0) is 14.8. The molecule has 2 N–H and O–H groups in total. The highest BCUT2D eigenvalue weighted by Gasteiger charge is 2.42. The average Bonchev–Trinajstić information content (AvgIpc) is 3.18. The Hall–Kier alpha value is -0.910. The van der Waals surface area contributed by atoms with Crippen LogP contribution in [0.3, 0.4) is 0 Å². The summed E-state index contributed by atoms with van der Waals surface area (Å²) >= 11 is 0. The van der Waals surface area contributed by atoms with Gasteiger partial charge in [0.05, 0.1) is 11.0 Å². The highest BCUT2D eigenvalue weighted by Crippen LogP contribution is 2.49. The van der Waals surface area contributed by atoms with E-state index in [2.05, 4.69) is 11.6 Å². The molecular weight excluding hydrogens is 274 g/mol. The molecule has 2 rings (SSSR count). The molecule has 0 spiro atoms. The third kappa shape index (κ3) is 3.59. The lowest BCUT2D eigenvalue weighted by atomic mass is 10.0. The van der Waals surface area contributed by atoms with E-state index < -0.39 is 16.1 Å². The number of aliphatic hydroxyl groups is 1. The van der Waals surface area contributed by atoms with Crippen molar-refractivity contribution in [3.8, 4) is 0 Å². The first-order chi connectivity index (χ1) is 9.38. The molecule has 1 atom stereocenters. The van der Waals surface area contributed by atoms with E-state index in [0.29, 0.717) is 12.1 Å². The third-order valence-electron chi connectivity index (χ3n) is 4.03. The van der Waals surface area contributed by atoms with E-state index in [1.807, 2.05) is 0 Å². The summed E-state index contributed by atoms with van der Waals surface area (Å²) in [6, 6.07) is 6.48. The van der Waals surface area contributed by atoms with Crippen molar-refractivity contribution < 1.29 is 13.5 Å². The summed E-state index contributed by atoms with van der Waals surface area (Å²) in [5, 5.41) is 9.54. The van der Waals surface area contributed by atoms with Crippen molar-refractivity contribution in [1.29, 1.82) is 0 Å². The van der Waals surface area contributed by atoms with Crippen LogP contribution in [-0.4, -0.2) is 20.1 Å². The van der Waals surface area contributed by atoms with Gasteiger partial charge in [-0.25, -0.2) is 13.1 Å². The predicted molar refractivity (Wildman–Crippen MR) is 78.8 cm³/mol. The van der Waals surface area contributed by atoms with Gasteiger partial charge in [0.15, 0.2) is 0 Å². The number of sulfonamides is 1. The summed E-state index contributed by atoms with van der Waals surface area (Å²) < 4.78 is 27.3. The van der Waals surface area contributed by atoms with E-state index in [1.54, 1.807) is 25.1 Å². The fraction of sp³-hybridized carbons (Fsp3) is 0.600. The Kier molecular flexibility index (Phi) is 4.52. The summed E-state index contributed by atoms with van der Waals surface area (Å²) in [5.41, 5.74) is 0.798. The zero-order valence-electron chi connectivity index (χ0n) is 12.1. The molecule has 1 unspecified atom stereocenters. The van der Waals surface area contributed by atoms with Crippen molar-refractivity contribution in [3.05, 3.63) is 29.8 Å². The van der Waals surface area contributed by atoms with E-state index in [-0.39, 0.29) is 10.3 Å². The number of nitrogens with one attached hydrogen (secondary N) is 1. The van der Waals surface area contributed by atoms with Gasteiger partial charge in [0.2, 0.25) is 10.0 Å². The van der Waals surface area contributed by atoms with E-state index in [0.717, 1.165) is 25.7 Å². The molecule has 1 fully saturated rings. The van der Waals surface area contributed by atoms with Crippen LogP contribution in [0.5, 0.6) is 0 Å². The van der Waals surface area contributed by atoms with Crippen molar-refractivity contribution in [2.45, 2.75) is 50.5 Å². The number of benzene rings is 1. The lowest BCUT2D eigenvalue weighted by Crippen LogP contribution is -2.30. The van der Waals surface area contributed by atoms with Crippen LogP contribution in [0, 0.1) is 5.41 Å². The van der Waals surface area contributed by atoms with Gasteiger partial charge in [0, 0.05) is 6.54 Å². The minimum atomic E-state index is -3.49. The second-order valence-corrected chi connectivity index (χ2v) is 7.59. The van der Waals surface area contributed by atoms with Gasteiger partial charge >= 0.3 is 0 Å². The summed E-state index contributed by atoms with van der Waals surface area (Å²) in [4.78, 5) is 0.225. The highest BCUT2D eigenvalue weighted by molar-refractivity contribution is 7.89. The van der Waals surface area contributed by atoms with Gasteiger partial charge in [-0.05, 0) is 49.3 Å². The Morgan fingerprint density at radius 1 is 1.40 bits per heavy atom. The van der Waals surface area contributed by atoms with E-state index in [1.165, 1.54) is 6.07 Å². The Morgan fingerprint density at radius 2 is 2.10 bits per heavy atom. The van der Waals surface area contributed by atoms with Crippen LogP contribution < -0.4 is 4.72 Å². The summed E-state index contributed by atoms with van der Waals surface area (Å²) in [5.74, 6) is 0. The molecule has 0 amide bonds. The van der Waals surface area contributed by atoms with Gasteiger partial charge in [0.1, 0.15) is 0 Å². The maximum Gasteiger partial charge on any atom is 0.240 e. The molecule has 1 aliphatic carbocycles. The number of rotatable bonds is 7. The number of hydrogen-bond donors (Lipinski definition) is 2. The van der Waals surface area contributed by atoms with Gasteiger partial charge in [-0.15, -0.1) is 0 Å². The molecule has 0 aromatic heterocycles. The van der Waals surface area contributed by atoms with Crippen molar-refractivity contribution >= 4 is 10.0 Å². The molecule has 0 heterocycles. The lowest BCUT2D eigenvalue weighted by Gasteiger charge is -2.15. The largest absolute Gasteiger partial charge is 0.389 e. The number of aliphatic hydroxyl groups excluding tert-OH is 1. The molecule has 1 saturated carbocycles. The highest BCUT2D eigenvalue weighted by atomic mass is 32.2. The molecule has 112 valence electrons. The van der Waals surface area contributed by atoms with Crippen LogP contribution in [0.25, 0.3) is 0 Å². The Balaban J connectivity index is 2.08. The van der Waals surface area contributed by atoms with E-state index in [9.17, 15) is 13.5 Å². The zero-order valence-corrected chi connectivity index (χ0v) is 12.9. The fourth-order valence-electron chi connectivity index (χ4n) is 2.50. The predicted octanol–water partition coefficient (Wildman–Crippen LogP) is 2.60. The molecule has 1 aromatic rings. The van der Waals surface area contributed by atoms with Crippen LogP contribution in [0.2, 0.25) is 0 Å². The minimum Gasteiger partial charge on any atom is -0.389 e. The van der Waals surface area contributed by atoms with Crippen LogP contribution in [0.15, 0.2) is 29.2 Å². The first kappa shape index (κ1) is 15.5. The fourth-order valence-corrected chi connectivity index (χ4v) is 3.71. The quantitative estimate of drug-likeness (QED) is 0.813. The van der Waals surface area contributed by atoms with Gasteiger partial charge < -0.3 is 5.11 Å². The van der Waals surface area contributed by atoms with Crippen LogP contribution in [-0.2, 0) is 10.0 Å². The molecule has 1 aliphatic rings. The molecular formula is C15H23NO3S. The second kappa shape index (κ2) is 5.84. The van der Waals surface area contributed by atoms with Gasteiger partial charge in [-0.1, -0.05) is 25.5 Å². The molecule has 4 nitrogen and oxygen atoms in total. The van der Waals surface area contributed by atoms with Crippen molar-refractivity contribution in [2.75, 3.05) is 6.54 Å². The molecule has 1 aromatic carbocycles. The minimum absolute atomic E-state index is 0.184. The van der Waals surface area contributed by atoms with Crippen LogP contribution >= 0.6 is 0 Å². The maximum atomic E-state index is 12.3. The average molecular weight is 297 g/mol. The summed E-state index contributed by atoms with van der Waals surface area (Å²) in [6.45, 7) is 4.27. The standard InChI is InChI=1S/C15H23NO3S/c1-3-7-15(8-9-15)11-16-20(18,19)14-6-4-5-13(10-14)12(2)17/h4-6,10,12,16-17H,3,7-9,11H2,1-2H3. The smallest absolute Gasteiger partial charge is 0.240 e. The van der Waals surface area contributed by atoms with Crippen molar-refractivity contribution in [1.82, 2.24) is 4.72 Å². The molecule has 5 heteroatoms. The molecule has 0 bridgehead atoms. The first-order valence-electron chi connectivity index (χ1n) is 7.16. The maximum absolute atomic E-state index is 12.3. The Morgan fingerprint density at radius 3 is 2.65 bits per heavy atom. The number of hydrogen-bond acceptors (Lipinski definition) is 3. The molecule has 0 aliphatic heterocycles. The SMILES string of the molecule is CCCC1(CNS(=O)(=O)c2cccc(C(C)O)c2)CC1. The molecule has 0 radical (unpaired) electrons. The van der Waals surface area contributed by atoms with Crippen LogP contribution in [0.4, 0.5) is 0 Å². The van der Waals surface area contributed by atoms with Crippen molar-refractivity contribution in [3.63, 3.8) is 0 Å². The van der Waals surface area contributed by atoms with Crippen LogP contribution in [0.1, 0.15) is 51.2 Å². The second-order valence-electron chi connectivity index (χ2n) is 5.82. The van der Waals surface area contributed by atoms with Gasteiger partial charge in [0.25, 0.3) is 0 Å². The molecule has 20 heavy (non-hydrogen) atoms. The molecule has 0 saturated heterocycles. The lowest BCUT2D eigenvalue weighted by molar-refractivity contribution is 0.199. The van der Waals surface area contributed by atoms with E-state index >= 15 is 0 Å². The van der Waals surface area contributed by atoms with E-state index in [4.69, 9.17) is 0 Å². The monoisotopic (exact) mass is 297 g/mol. The topological polar surface area (TPSA) is 66.4 Å². The Labute approximate surface area is 121 Å². The first-order valence-corrected chi connectivity index (χ1v) is 8.65. The van der Waals surface area contributed by atoms with Gasteiger partial charge in [-0.3, -0.25) is 0 Å². The third-order valence-corrected chi connectivity index (χ3v) is 5.42. The van der Waals surface area contributed by atoms with Gasteiger partial charge in [-0.2, -0.15) is 0 Å². The summed E-state index contributed by atoms with van der Waals surface area (Å²) in [6.07, 6.45) is 3.70.